The lowest BCUT2D eigenvalue weighted by Crippen LogP contribution is -2.48. The number of carbonyl (C=O) groups is 1. The Balaban J connectivity index is 1.82. The van der Waals surface area contributed by atoms with Gasteiger partial charge in [0.25, 0.3) is 0 Å². The summed E-state index contributed by atoms with van der Waals surface area (Å²) in [6.45, 7) is 1.82. The summed E-state index contributed by atoms with van der Waals surface area (Å²) in [7, 11) is 0. The summed E-state index contributed by atoms with van der Waals surface area (Å²) in [4.78, 5) is 14.1. The highest BCUT2D eigenvalue weighted by molar-refractivity contribution is 5.65. The Morgan fingerprint density at radius 1 is 1.26 bits per heavy atom. The lowest BCUT2D eigenvalue weighted by atomic mass is 10.1. The molecule has 142 valence electrons. The SMILES string of the molecule is N#Cc1ccc(-n2nnnc2CN2CCN(C(=O)O)CC2)cc1C(F)(F)F. The first kappa shape index (κ1) is 18.6. The van der Waals surface area contributed by atoms with Crippen LogP contribution in [0, 0.1) is 11.3 Å². The average Bonchev–Trinajstić information content (AvgIpc) is 3.09. The number of halogens is 3. The lowest BCUT2D eigenvalue weighted by Gasteiger charge is -2.32. The third-order valence-corrected chi connectivity index (χ3v) is 4.22. The Kier molecular flexibility index (Phi) is 4.95. The number of alkyl halides is 3. The van der Waals surface area contributed by atoms with E-state index in [1.807, 2.05) is 4.90 Å². The molecule has 0 bridgehead atoms. The highest BCUT2D eigenvalue weighted by Gasteiger charge is 2.34. The molecule has 1 aliphatic heterocycles. The Hall–Kier alpha value is -3.20. The number of tetrazole rings is 1. The molecule has 0 atom stereocenters. The van der Waals surface area contributed by atoms with Gasteiger partial charge in [-0.15, -0.1) is 5.10 Å². The van der Waals surface area contributed by atoms with E-state index in [9.17, 15) is 18.0 Å². The first-order chi connectivity index (χ1) is 12.8. The lowest BCUT2D eigenvalue weighted by molar-refractivity contribution is -0.137. The summed E-state index contributed by atoms with van der Waals surface area (Å²) >= 11 is 0. The minimum absolute atomic E-state index is 0.0884. The van der Waals surface area contributed by atoms with Crippen LogP contribution in [0.15, 0.2) is 18.2 Å². The van der Waals surface area contributed by atoms with Gasteiger partial charge in [-0.2, -0.15) is 23.1 Å². The van der Waals surface area contributed by atoms with Crippen molar-refractivity contribution >= 4 is 6.09 Å². The second-order valence-corrected chi connectivity index (χ2v) is 5.89. The average molecular weight is 381 g/mol. The normalized spacial score (nSPS) is 15.6. The van der Waals surface area contributed by atoms with E-state index in [1.165, 1.54) is 21.7 Å². The molecule has 1 aromatic carbocycles. The van der Waals surface area contributed by atoms with Gasteiger partial charge < -0.3 is 10.0 Å². The van der Waals surface area contributed by atoms with E-state index in [-0.39, 0.29) is 12.2 Å². The third-order valence-electron chi connectivity index (χ3n) is 4.22. The van der Waals surface area contributed by atoms with Crippen molar-refractivity contribution in [2.24, 2.45) is 0 Å². The van der Waals surface area contributed by atoms with Gasteiger partial charge in [0.15, 0.2) is 5.82 Å². The van der Waals surface area contributed by atoms with Crippen LogP contribution >= 0.6 is 0 Å². The van der Waals surface area contributed by atoms with Crippen LogP contribution in [0.2, 0.25) is 0 Å². The standard InChI is InChI=1S/C15H14F3N7O2/c16-15(17,18)12-7-11(2-1-10(12)8-19)25-13(20-21-22-25)9-23-3-5-24(6-4-23)14(26)27/h1-2,7H,3-6,9H2,(H,26,27). The molecule has 1 aliphatic rings. The van der Waals surface area contributed by atoms with Gasteiger partial charge >= 0.3 is 12.3 Å². The van der Waals surface area contributed by atoms with E-state index in [4.69, 9.17) is 10.4 Å². The largest absolute Gasteiger partial charge is 0.465 e. The molecule has 0 radical (unpaired) electrons. The molecule has 12 heteroatoms. The first-order valence-electron chi connectivity index (χ1n) is 7.89. The Morgan fingerprint density at radius 3 is 2.56 bits per heavy atom. The predicted octanol–water partition coefficient (Wildman–Crippen LogP) is 1.35. The molecule has 1 amide bonds. The summed E-state index contributed by atoms with van der Waals surface area (Å²) in [5.41, 5.74) is -1.45. The fourth-order valence-electron chi connectivity index (χ4n) is 2.80. The van der Waals surface area contributed by atoms with Crippen LogP contribution < -0.4 is 0 Å². The quantitative estimate of drug-likeness (QED) is 0.854. The molecule has 0 saturated carbocycles. The summed E-state index contributed by atoms with van der Waals surface area (Å²) in [5.74, 6) is 0.316. The Bertz CT molecular complexity index is 882. The summed E-state index contributed by atoms with van der Waals surface area (Å²) in [6.07, 6.45) is -5.67. The van der Waals surface area contributed by atoms with Gasteiger partial charge in [0, 0.05) is 26.2 Å². The molecule has 3 rings (SSSR count). The molecule has 27 heavy (non-hydrogen) atoms. The van der Waals surface area contributed by atoms with E-state index in [2.05, 4.69) is 15.5 Å². The van der Waals surface area contributed by atoms with Crippen molar-refractivity contribution in [2.75, 3.05) is 26.2 Å². The zero-order chi connectivity index (χ0) is 19.6. The van der Waals surface area contributed by atoms with Crippen LogP contribution in [0.25, 0.3) is 5.69 Å². The molecule has 1 saturated heterocycles. The van der Waals surface area contributed by atoms with Crippen LogP contribution in [0.5, 0.6) is 0 Å². The minimum atomic E-state index is -4.68. The van der Waals surface area contributed by atoms with Crippen molar-refractivity contribution in [3.8, 4) is 11.8 Å². The second-order valence-electron chi connectivity index (χ2n) is 5.89. The second kappa shape index (κ2) is 7.20. The van der Waals surface area contributed by atoms with Crippen LogP contribution in [0.4, 0.5) is 18.0 Å². The number of piperazine rings is 1. The number of aromatic nitrogens is 4. The molecule has 0 unspecified atom stereocenters. The molecule has 1 aromatic heterocycles. The molecular weight excluding hydrogens is 367 g/mol. The minimum Gasteiger partial charge on any atom is -0.465 e. The highest BCUT2D eigenvalue weighted by atomic mass is 19.4. The van der Waals surface area contributed by atoms with Crippen molar-refractivity contribution in [3.63, 3.8) is 0 Å². The molecular formula is C15H14F3N7O2. The summed E-state index contributed by atoms with van der Waals surface area (Å²) in [6, 6.07) is 4.78. The monoisotopic (exact) mass is 381 g/mol. The van der Waals surface area contributed by atoms with Crippen molar-refractivity contribution in [2.45, 2.75) is 12.7 Å². The number of hydrogen-bond acceptors (Lipinski definition) is 6. The summed E-state index contributed by atoms with van der Waals surface area (Å²) in [5, 5.41) is 29.0. The molecule has 1 fully saturated rings. The number of benzene rings is 1. The molecule has 2 aromatic rings. The van der Waals surface area contributed by atoms with Gasteiger partial charge in [0.2, 0.25) is 0 Å². The van der Waals surface area contributed by atoms with Crippen LogP contribution in [0.1, 0.15) is 17.0 Å². The fraction of sp³-hybridized carbons (Fsp3) is 0.400. The molecule has 0 aliphatic carbocycles. The van der Waals surface area contributed by atoms with Gasteiger partial charge in [-0.3, -0.25) is 4.90 Å². The number of carboxylic acid groups (broad SMARTS) is 1. The van der Waals surface area contributed by atoms with E-state index < -0.39 is 23.4 Å². The number of nitrogens with zero attached hydrogens (tertiary/aromatic N) is 7. The smallest absolute Gasteiger partial charge is 0.417 e. The number of amides is 1. The fourth-order valence-corrected chi connectivity index (χ4v) is 2.80. The zero-order valence-electron chi connectivity index (χ0n) is 13.9. The maximum atomic E-state index is 13.2. The topological polar surface area (TPSA) is 111 Å². The van der Waals surface area contributed by atoms with Crippen molar-refractivity contribution in [1.82, 2.24) is 30.0 Å². The number of nitriles is 1. The predicted molar refractivity (Wildman–Crippen MR) is 83.7 cm³/mol. The van der Waals surface area contributed by atoms with Crippen LogP contribution in [-0.2, 0) is 12.7 Å². The maximum Gasteiger partial charge on any atom is 0.417 e. The molecule has 1 N–H and O–H groups in total. The number of rotatable bonds is 3. The summed E-state index contributed by atoms with van der Waals surface area (Å²) < 4.78 is 40.7. The first-order valence-corrected chi connectivity index (χ1v) is 7.89. The van der Waals surface area contributed by atoms with E-state index in [0.29, 0.717) is 32.0 Å². The Labute approximate surface area is 151 Å². The van der Waals surface area contributed by atoms with Crippen molar-refractivity contribution < 1.29 is 23.1 Å². The maximum absolute atomic E-state index is 13.2. The van der Waals surface area contributed by atoms with Gasteiger partial charge in [0.05, 0.1) is 29.4 Å². The molecule has 0 spiro atoms. The van der Waals surface area contributed by atoms with Gasteiger partial charge in [0.1, 0.15) is 0 Å². The highest BCUT2D eigenvalue weighted by Crippen LogP contribution is 2.33. The van der Waals surface area contributed by atoms with Gasteiger partial charge in [-0.1, -0.05) is 0 Å². The van der Waals surface area contributed by atoms with Crippen molar-refractivity contribution in [3.05, 3.63) is 35.2 Å². The third kappa shape index (κ3) is 3.98. The number of hydrogen-bond donors (Lipinski definition) is 1. The van der Waals surface area contributed by atoms with Crippen LogP contribution in [0.3, 0.4) is 0 Å². The van der Waals surface area contributed by atoms with Crippen molar-refractivity contribution in [1.29, 1.82) is 5.26 Å². The van der Waals surface area contributed by atoms with Gasteiger partial charge in [-0.05, 0) is 28.6 Å². The zero-order valence-corrected chi connectivity index (χ0v) is 13.9. The van der Waals surface area contributed by atoms with Gasteiger partial charge in [-0.25, -0.2) is 4.79 Å². The van der Waals surface area contributed by atoms with E-state index in [0.717, 1.165) is 12.1 Å². The van der Waals surface area contributed by atoms with Crippen LogP contribution in [-0.4, -0.2) is 67.4 Å². The molecule has 2 heterocycles. The Morgan fingerprint density at radius 2 is 1.96 bits per heavy atom. The van der Waals surface area contributed by atoms with E-state index >= 15 is 0 Å². The van der Waals surface area contributed by atoms with E-state index in [1.54, 1.807) is 0 Å². The molecule has 9 nitrogen and oxygen atoms in total.